The molecule has 1 saturated heterocycles. The van der Waals surface area contributed by atoms with Crippen molar-refractivity contribution in [3.05, 3.63) is 35.9 Å². The van der Waals surface area contributed by atoms with E-state index in [0.717, 1.165) is 25.7 Å². The van der Waals surface area contributed by atoms with Gasteiger partial charge in [0.2, 0.25) is 5.91 Å². The summed E-state index contributed by atoms with van der Waals surface area (Å²) in [5.41, 5.74) is 0.439. The van der Waals surface area contributed by atoms with Gasteiger partial charge < -0.3 is 20.4 Å². The van der Waals surface area contributed by atoms with Crippen LogP contribution in [0.5, 0.6) is 0 Å². The lowest BCUT2D eigenvalue weighted by Crippen LogP contribution is -2.53. The van der Waals surface area contributed by atoms with Crippen LogP contribution >= 0.6 is 0 Å². The summed E-state index contributed by atoms with van der Waals surface area (Å²) in [7, 11) is 0. The Bertz CT molecular complexity index is 586. The quantitative estimate of drug-likeness (QED) is 0.759. The molecule has 1 heterocycles. The Balaban J connectivity index is 1.75. The molecule has 1 aromatic carbocycles. The highest BCUT2D eigenvalue weighted by molar-refractivity contribution is 5.98. The van der Waals surface area contributed by atoms with Crippen LogP contribution in [0.3, 0.4) is 0 Å². The van der Waals surface area contributed by atoms with E-state index < -0.39 is 18.2 Å². The topological polar surface area (TPSA) is 89.9 Å². The van der Waals surface area contributed by atoms with E-state index in [9.17, 15) is 19.8 Å². The average molecular weight is 332 g/mol. The Morgan fingerprint density at radius 3 is 2.38 bits per heavy atom. The molecular weight excluding hydrogens is 308 g/mol. The largest absolute Gasteiger partial charge is 0.388 e. The first kappa shape index (κ1) is 16.9. The molecule has 2 fully saturated rings. The number of aliphatic hydroxyl groups excluding tert-OH is 2. The number of hydrogen-bond acceptors (Lipinski definition) is 4. The van der Waals surface area contributed by atoms with Crippen molar-refractivity contribution in [1.29, 1.82) is 0 Å². The predicted octanol–water partition coefficient (Wildman–Crippen LogP) is 0.682. The summed E-state index contributed by atoms with van der Waals surface area (Å²) in [6.07, 6.45) is 2.80. The Morgan fingerprint density at radius 1 is 1.04 bits per heavy atom. The Labute approximate surface area is 141 Å². The molecule has 1 aliphatic carbocycles. The van der Waals surface area contributed by atoms with E-state index in [1.165, 1.54) is 11.3 Å². The minimum absolute atomic E-state index is 0.0440. The Morgan fingerprint density at radius 2 is 1.71 bits per heavy atom. The van der Waals surface area contributed by atoms with Gasteiger partial charge in [-0.15, -0.1) is 0 Å². The zero-order valence-electron chi connectivity index (χ0n) is 13.6. The summed E-state index contributed by atoms with van der Waals surface area (Å²) < 4.78 is 0. The van der Waals surface area contributed by atoms with Gasteiger partial charge in [0.1, 0.15) is 18.2 Å². The molecule has 6 heteroatoms. The lowest BCUT2D eigenvalue weighted by Gasteiger charge is -2.29. The van der Waals surface area contributed by atoms with Crippen LogP contribution in [0.4, 0.5) is 0 Å². The van der Waals surface area contributed by atoms with Crippen molar-refractivity contribution < 1.29 is 19.8 Å². The van der Waals surface area contributed by atoms with Crippen molar-refractivity contribution in [2.24, 2.45) is 0 Å². The second-order valence-corrected chi connectivity index (χ2v) is 6.67. The van der Waals surface area contributed by atoms with Crippen molar-refractivity contribution in [1.82, 2.24) is 10.2 Å². The third-order valence-electron chi connectivity index (χ3n) is 4.94. The maximum atomic E-state index is 12.7. The van der Waals surface area contributed by atoms with E-state index in [1.54, 1.807) is 30.3 Å². The van der Waals surface area contributed by atoms with Gasteiger partial charge in [-0.3, -0.25) is 9.59 Å². The predicted molar refractivity (Wildman–Crippen MR) is 88.3 cm³/mol. The lowest BCUT2D eigenvalue weighted by atomic mass is 9.95. The number of nitrogens with zero attached hydrogens (tertiary/aromatic N) is 1. The molecule has 130 valence electrons. The summed E-state index contributed by atoms with van der Waals surface area (Å²) in [5, 5.41) is 23.1. The number of carbonyl (C=O) groups is 2. The highest BCUT2D eigenvalue weighted by Crippen LogP contribution is 2.23. The van der Waals surface area contributed by atoms with Crippen molar-refractivity contribution in [3.8, 4) is 0 Å². The van der Waals surface area contributed by atoms with Crippen LogP contribution in [0.15, 0.2) is 30.3 Å². The molecular formula is C18H24N2O4. The van der Waals surface area contributed by atoms with E-state index in [4.69, 9.17) is 0 Å². The Kier molecular flexibility index (Phi) is 5.16. The van der Waals surface area contributed by atoms with Crippen LogP contribution in [0.2, 0.25) is 0 Å². The molecule has 0 radical (unpaired) electrons. The van der Waals surface area contributed by atoms with Gasteiger partial charge in [0, 0.05) is 11.6 Å². The van der Waals surface area contributed by atoms with Crippen LogP contribution < -0.4 is 5.32 Å². The molecule has 1 saturated carbocycles. The number of aliphatic hydroxyl groups is 2. The fourth-order valence-corrected chi connectivity index (χ4v) is 3.60. The number of nitrogens with one attached hydrogen (secondary N) is 1. The number of rotatable bonds is 3. The molecule has 0 spiro atoms. The van der Waals surface area contributed by atoms with E-state index in [0.29, 0.717) is 5.56 Å². The van der Waals surface area contributed by atoms with Gasteiger partial charge in [0.25, 0.3) is 5.91 Å². The smallest absolute Gasteiger partial charge is 0.254 e. The molecule has 1 aromatic rings. The molecule has 3 atom stereocenters. The summed E-state index contributed by atoms with van der Waals surface area (Å²) in [6, 6.07) is 7.66. The van der Waals surface area contributed by atoms with Crippen molar-refractivity contribution in [2.45, 2.75) is 56.4 Å². The maximum Gasteiger partial charge on any atom is 0.254 e. The van der Waals surface area contributed by atoms with Crippen LogP contribution in [-0.2, 0) is 4.79 Å². The van der Waals surface area contributed by atoms with Crippen LogP contribution in [0.25, 0.3) is 0 Å². The summed E-state index contributed by atoms with van der Waals surface area (Å²) >= 11 is 0. The third kappa shape index (κ3) is 3.44. The monoisotopic (exact) mass is 332 g/mol. The molecule has 24 heavy (non-hydrogen) atoms. The highest BCUT2D eigenvalue weighted by atomic mass is 16.3. The van der Waals surface area contributed by atoms with E-state index in [-0.39, 0.29) is 24.4 Å². The van der Waals surface area contributed by atoms with Gasteiger partial charge in [-0.1, -0.05) is 37.5 Å². The first-order chi connectivity index (χ1) is 11.6. The van der Waals surface area contributed by atoms with Crippen molar-refractivity contribution in [3.63, 3.8) is 0 Å². The minimum Gasteiger partial charge on any atom is -0.388 e. The highest BCUT2D eigenvalue weighted by Gasteiger charge is 2.47. The normalized spacial score (nSPS) is 27.9. The number of likely N-dealkylation sites (tertiary alicyclic amines) is 1. The van der Waals surface area contributed by atoms with Gasteiger partial charge in [-0.2, -0.15) is 0 Å². The van der Waals surface area contributed by atoms with Gasteiger partial charge in [0.15, 0.2) is 0 Å². The second-order valence-electron chi connectivity index (χ2n) is 6.67. The Hall–Kier alpha value is -1.92. The number of amides is 2. The summed E-state index contributed by atoms with van der Waals surface area (Å²) in [6.45, 7) is -0.0440. The summed E-state index contributed by atoms with van der Waals surface area (Å²) in [5.74, 6) is -0.731. The fraction of sp³-hybridized carbons (Fsp3) is 0.556. The molecule has 1 aliphatic heterocycles. The van der Waals surface area contributed by atoms with Crippen LogP contribution in [0, 0.1) is 0 Å². The molecule has 6 nitrogen and oxygen atoms in total. The molecule has 2 aliphatic rings. The fourth-order valence-electron chi connectivity index (χ4n) is 3.60. The SMILES string of the molecule is O=C(NC1CCCCC1)[C@@H]1[C@@H](O)[C@@H](O)CN1C(=O)c1ccccc1. The van der Waals surface area contributed by atoms with Gasteiger partial charge in [-0.25, -0.2) is 0 Å². The minimum atomic E-state index is -1.26. The third-order valence-corrected chi connectivity index (χ3v) is 4.94. The van der Waals surface area contributed by atoms with Crippen LogP contribution in [0.1, 0.15) is 42.5 Å². The molecule has 3 rings (SSSR count). The lowest BCUT2D eigenvalue weighted by molar-refractivity contribution is -0.128. The zero-order valence-corrected chi connectivity index (χ0v) is 13.6. The summed E-state index contributed by atoms with van der Waals surface area (Å²) in [4.78, 5) is 26.6. The number of hydrogen-bond donors (Lipinski definition) is 3. The van der Waals surface area contributed by atoms with E-state index in [1.807, 2.05) is 0 Å². The van der Waals surface area contributed by atoms with E-state index in [2.05, 4.69) is 5.32 Å². The van der Waals surface area contributed by atoms with Gasteiger partial charge in [-0.05, 0) is 25.0 Å². The van der Waals surface area contributed by atoms with Gasteiger partial charge >= 0.3 is 0 Å². The van der Waals surface area contributed by atoms with Gasteiger partial charge in [0.05, 0.1) is 6.54 Å². The average Bonchev–Trinajstić information content (AvgIpc) is 2.91. The van der Waals surface area contributed by atoms with Crippen LogP contribution in [-0.4, -0.2) is 57.8 Å². The van der Waals surface area contributed by atoms with Crippen molar-refractivity contribution in [2.75, 3.05) is 6.54 Å². The maximum absolute atomic E-state index is 12.7. The second kappa shape index (κ2) is 7.32. The molecule has 0 unspecified atom stereocenters. The first-order valence-corrected chi connectivity index (χ1v) is 8.60. The molecule has 3 N–H and O–H groups in total. The number of benzene rings is 1. The number of β-amino-alcohol motifs (C(OH)–C–C–N with tert-alkyl or cyclic N) is 1. The molecule has 0 aromatic heterocycles. The standard InChI is InChI=1S/C18H24N2O4/c21-14-11-20(18(24)12-7-3-1-4-8-12)15(16(14)22)17(23)19-13-9-5-2-6-10-13/h1,3-4,7-8,13-16,21-22H,2,5-6,9-11H2,(H,19,23)/t14-,15-,16-/m0/s1. The zero-order chi connectivity index (χ0) is 17.1. The number of carbonyl (C=O) groups excluding carboxylic acids is 2. The first-order valence-electron chi connectivity index (χ1n) is 8.60. The van der Waals surface area contributed by atoms with Crippen molar-refractivity contribution >= 4 is 11.8 Å². The van der Waals surface area contributed by atoms with E-state index >= 15 is 0 Å². The molecule has 0 bridgehead atoms. The molecule has 2 amide bonds.